The lowest BCUT2D eigenvalue weighted by Crippen LogP contribution is -1.94. The molecule has 0 aromatic heterocycles. The smallest absolute Gasteiger partial charge is 0.106 e. The Labute approximate surface area is 66.5 Å². The van der Waals surface area contributed by atoms with Crippen LogP contribution in [-0.4, -0.2) is 12.8 Å². The zero-order chi connectivity index (χ0) is 8.10. The number of rotatable bonds is 2. The van der Waals surface area contributed by atoms with Gasteiger partial charge in [0.2, 0.25) is 0 Å². The fraction of sp³-hybridized carbons (Fsp3) is 0.222. The molecule has 0 aliphatic carbocycles. The molecule has 0 unspecified atom stereocenters. The van der Waals surface area contributed by atoms with Crippen LogP contribution in [0.3, 0.4) is 0 Å². The summed E-state index contributed by atoms with van der Waals surface area (Å²) < 4.78 is 0. The average Bonchev–Trinajstić information content (AvgIpc) is 2.07. The van der Waals surface area contributed by atoms with E-state index in [2.05, 4.69) is 16.1 Å². The Kier molecular flexibility index (Phi) is 2.66. The first-order valence-electron chi connectivity index (χ1n) is 3.39. The maximum Gasteiger partial charge on any atom is 0.106 e. The molecule has 0 heterocycles. The summed E-state index contributed by atoms with van der Waals surface area (Å²) in [4.78, 5) is 4.63. The third-order valence-corrected chi connectivity index (χ3v) is 1.33. The number of benzene rings is 1. The Hall–Kier alpha value is -1.31. The Morgan fingerprint density at radius 3 is 2.91 bits per heavy atom. The maximum atomic E-state index is 4.63. The van der Waals surface area contributed by atoms with Crippen LogP contribution in [0.15, 0.2) is 29.4 Å². The van der Waals surface area contributed by atoms with Gasteiger partial charge in [-0.3, -0.25) is 0 Å². The van der Waals surface area contributed by atoms with Crippen LogP contribution in [0.25, 0.3) is 0 Å². The summed E-state index contributed by atoms with van der Waals surface area (Å²) in [5, 5.41) is 3.78. The van der Waals surface area contributed by atoms with Gasteiger partial charge in [0.1, 0.15) is 7.11 Å². The van der Waals surface area contributed by atoms with Gasteiger partial charge in [-0.05, 0) is 13.0 Å². The van der Waals surface area contributed by atoms with Crippen LogP contribution in [0.5, 0.6) is 0 Å². The normalized spacial score (nSPS) is 11.3. The molecule has 0 spiro atoms. The Morgan fingerprint density at radius 1 is 1.55 bits per heavy atom. The van der Waals surface area contributed by atoms with E-state index in [4.69, 9.17) is 0 Å². The molecule has 0 bridgehead atoms. The van der Waals surface area contributed by atoms with Crippen molar-refractivity contribution in [3.8, 4) is 0 Å². The topological polar surface area (TPSA) is 21.6 Å². The summed E-state index contributed by atoms with van der Waals surface area (Å²) in [5.41, 5.74) is 1.81. The largest absolute Gasteiger partial charge is 0.399 e. The monoisotopic (exact) mass is 148 g/mol. The second-order valence-electron chi connectivity index (χ2n) is 2.14. The molecule has 0 saturated heterocycles. The third kappa shape index (κ3) is 2.08. The predicted molar refractivity (Wildman–Crippen MR) is 44.5 cm³/mol. The van der Waals surface area contributed by atoms with Gasteiger partial charge in [0, 0.05) is 5.56 Å². The first kappa shape index (κ1) is 7.79. The lowest BCUT2D eigenvalue weighted by atomic mass is 10.1. The van der Waals surface area contributed by atoms with Gasteiger partial charge in [0.25, 0.3) is 0 Å². The highest BCUT2D eigenvalue weighted by molar-refractivity contribution is 5.97. The van der Waals surface area contributed by atoms with Gasteiger partial charge in [-0.25, -0.2) is 0 Å². The molecule has 0 aliphatic heterocycles. The van der Waals surface area contributed by atoms with E-state index in [0.29, 0.717) is 0 Å². The van der Waals surface area contributed by atoms with E-state index in [1.165, 1.54) is 7.11 Å². The zero-order valence-electron chi connectivity index (χ0n) is 6.66. The molecule has 2 heteroatoms. The van der Waals surface area contributed by atoms with Crippen molar-refractivity contribution in [3.05, 3.63) is 35.9 Å². The van der Waals surface area contributed by atoms with Gasteiger partial charge in [-0.15, -0.1) is 0 Å². The van der Waals surface area contributed by atoms with E-state index >= 15 is 0 Å². The third-order valence-electron chi connectivity index (χ3n) is 1.33. The highest BCUT2D eigenvalue weighted by Gasteiger charge is 1.94. The number of hydrogen-bond acceptors (Lipinski definition) is 2. The summed E-state index contributed by atoms with van der Waals surface area (Å²) in [6.07, 6.45) is 0. The minimum absolute atomic E-state index is 0.841. The highest BCUT2D eigenvalue weighted by atomic mass is 16.6. The molecule has 1 radical (unpaired) electrons. The van der Waals surface area contributed by atoms with E-state index in [-0.39, 0.29) is 0 Å². The SMILES string of the molecule is CO/N=C(/C)c1[c]cccc1. The summed E-state index contributed by atoms with van der Waals surface area (Å²) >= 11 is 0. The molecule has 11 heavy (non-hydrogen) atoms. The molecular formula is C9H10NO. The molecule has 1 aromatic carbocycles. The van der Waals surface area contributed by atoms with Crippen molar-refractivity contribution in [2.75, 3.05) is 7.11 Å². The van der Waals surface area contributed by atoms with Crippen LogP contribution in [0, 0.1) is 6.07 Å². The molecule has 0 fully saturated rings. The molecule has 1 rings (SSSR count). The quantitative estimate of drug-likeness (QED) is 0.463. The van der Waals surface area contributed by atoms with E-state index in [0.717, 1.165) is 11.3 Å². The summed E-state index contributed by atoms with van der Waals surface area (Å²) in [5.74, 6) is 0. The van der Waals surface area contributed by atoms with Crippen LogP contribution in [0.2, 0.25) is 0 Å². The van der Waals surface area contributed by atoms with Gasteiger partial charge < -0.3 is 4.84 Å². The van der Waals surface area contributed by atoms with Crippen molar-refractivity contribution in [1.82, 2.24) is 0 Å². The van der Waals surface area contributed by atoms with Crippen LogP contribution in [-0.2, 0) is 4.84 Å². The molecule has 0 amide bonds. The van der Waals surface area contributed by atoms with E-state index < -0.39 is 0 Å². The van der Waals surface area contributed by atoms with Crippen LogP contribution >= 0.6 is 0 Å². The van der Waals surface area contributed by atoms with Crippen molar-refractivity contribution >= 4 is 5.71 Å². The lowest BCUT2D eigenvalue weighted by molar-refractivity contribution is 0.213. The van der Waals surface area contributed by atoms with Crippen molar-refractivity contribution in [3.63, 3.8) is 0 Å². The lowest BCUT2D eigenvalue weighted by Gasteiger charge is -1.96. The Bertz CT molecular complexity index is 241. The van der Waals surface area contributed by atoms with Gasteiger partial charge in [-0.2, -0.15) is 0 Å². The summed E-state index contributed by atoms with van der Waals surface area (Å²) in [6, 6.07) is 10.7. The fourth-order valence-corrected chi connectivity index (χ4v) is 0.804. The Morgan fingerprint density at radius 2 is 2.36 bits per heavy atom. The van der Waals surface area contributed by atoms with Gasteiger partial charge >= 0.3 is 0 Å². The van der Waals surface area contributed by atoms with Crippen molar-refractivity contribution < 1.29 is 4.84 Å². The van der Waals surface area contributed by atoms with Gasteiger partial charge in [0.15, 0.2) is 0 Å². The number of hydrogen-bond donors (Lipinski definition) is 0. The first-order chi connectivity index (χ1) is 5.34. The fourth-order valence-electron chi connectivity index (χ4n) is 0.804. The number of oxime groups is 1. The molecule has 1 aromatic rings. The molecule has 57 valence electrons. The minimum atomic E-state index is 0.841. The van der Waals surface area contributed by atoms with Crippen LogP contribution in [0.1, 0.15) is 12.5 Å². The number of nitrogens with zero attached hydrogens (tertiary/aromatic N) is 1. The molecular weight excluding hydrogens is 138 g/mol. The Balaban J connectivity index is 2.85. The average molecular weight is 148 g/mol. The predicted octanol–water partition coefficient (Wildman–Crippen LogP) is 1.86. The van der Waals surface area contributed by atoms with E-state index in [1.807, 2.05) is 31.2 Å². The molecule has 0 N–H and O–H groups in total. The minimum Gasteiger partial charge on any atom is -0.399 e. The van der Waals surface area contributed by atoms with Crippen LogP contribution < -0.4 is 0 Å². The van der Waals surface area contributed by atoms with Gasteiger partial charge in [-0.1, -0.05) is 29.4 Å². The van der Waals surface area contributed by atoms with E-state index in [1.54, 1.807) is 0 Å². The van der Waals surface area contributed by atoms with Crippen molar-refractivity contribution in [2.24, 2.45) is 5.16 Å². The summed E-state index contributed by atoms with van der Waals surface area (Å²) in [6.45, 7) is 1.88. The second kappa shape index (κ2) is 3.76. The van der Waals surface area contributed by atoms with Crippen molar-refractivity contribution in [2.45, 2.75) is 6.92 Å². The first-order valence-corrected chi connectivity index (χ1v) is 3.39. The molecule has 0 saturated carbocycles. The van der Waals surface area contributed by atoms with Crippen LogP contribution in [0.4, 0.5) is 0 Å². The molecule has 2 nitrogen and oxygen atoms in total. The standard InChI is InChI=1S/C9H10NO/c1-8(10-11-2)9-6-4-3-5-7-9/h3-6H,1-2H3/b10-8-. The highest BCUT2D eigenvalue weighted by Crippen LogP contribution is 1.99. The second-order valence-corrected chi connectivity index (χ2v) is 2.14. The van der Waals surface area contributed by atoms with Crippen molar-refractivity contribution in [1.29, 1.82) is 0 Å². The molecule has 0 aliphatic rings. The van der Waals surface area contributed by atoms with Gasteiger partial charge in [0.05, 0.1) is 5.71 Å². The molecule has 0 atom stereocenters. The van der Waals surface area contributed by atoms with E-state index in [9.17, 15) is 0 Å². The summed E-state index contributed by atoms with van der Waals surface area (Å²) in [7, 11) is 1.53. The zero-order valence-corrected chi connectivity index (χ0v) is 6.66. The maximum absolute atomic E-state index is 4.63.